The first-order chi connectivity index (χ1) is 13.5. The summed E-state index contributed by atoms with van der Waals surface area (Å²) < 4.78 is 4.76. The van der Waals surface area contributed by atoms with Crippen molar-refractivity contribution in [3.8, 4) is 0 Å². The van der Waals surface area contributed by atoms with Crippen molar-refractivity contribution in [1.29, 1.82) is 0 Å². The van der Waals surface area contributed by atoms with E-state index in [0.717, 1.165) is 48.6 Å². The number of aryl methyl sites for hydroxylation is 1. The third-order valence-electron chi connectivity index (χ3n) is 6.45. The van der Waals surface area contributed by atoms with Crippen LogP contribution in [0.4, 0.5) is 5.13 Å². The quantitative estimate of drug-likeness (QED) is 0.788. The standard InChI is InChI=1S/C19H27N8S/c1-4-5-15-8-11(2)27(18(22-15)23-17(20)24-27)16-13-6-7-14(16)10-26(9-13)19-21-12(3)25-28-19/h8,13-14,16H,4-7,9-10H2,1-3H3,(H2,20,24)/q+1. The maximum atomic E-state index is 6.12. The molecule has 0 amide bonds. The van der Waals surface area contributed by atoms with Crippen LogP contribution in [0.3, 0.4) is 0 Å². The minimum atomic E-state index is 0.341. The number of hydrogen-bond donors (Lipinski definition) is 1. The zero-order valence-corrected chi connectivity index (χ0v) is 17.5. The lowest BCUT2D eigenvalue weighted by Gasteiger charge is -2.45. The van der Waals surface area contributed by atoms with Crippen molar-refractivity contribution in [2.45, 2.75) is 52.5 Å². The van der Waals surface area contributed by atoms with Gasteiger partial charge in [-0.05, 0) is 31.3 Å². The fourth-order valence-corrected chi connectivity index (χ4v) is 6.13. The number of rotatable bonds is 4. The summed E-state index contributed by atoms with van der Waals surface area (Å²) in [6.45, 7) is 8.27. The Bertz CT molecular complexity index is 914. The minimum Gasteiger partial charge on any atom is -0.363 e. The van der Waals surface area contributed by atoms with Crippen molar-refractivity contribution >= 4 is 34.3 Å². The van der Waals surface area contributed by atoms with Gasteiger partial charge in [-0.3, -0.25) is 0 Å². The molecule has 2 fully saturated rings. The van der Waals surface area contributed by atoms with Gasteiger partial charge in [-0.15, -0.1) is 4.99 Å². The number of allylic oxidation sites excluding steroid dienone is 2. The van der Waals surface area contributed by atoms with E-state index in [1.165, 1.54) is 30.1 Å². The fourth-order valence-electron chi connectivity index (χ4n) is 5.44. The number of nitrogens with zero attached hydrogens (tertiary/aromatic N) is 7. The maximum Gasteiger partial charge on any atom is 0.365 e. The second kappa shape index (κ2) is 6.45. The predicted octanol–water partition coefficient (Wildman–Crippen LogP) is 2.64. The van der Waals surface area contributed by atoms with Crippen LogP contribution in [0.25, 0.3) is 0 Å². The molecule has 0 spiro atoms. The first-order valence-electron chi connectivity index (χ1n) is 10.2. The molecule has 1 aromatic heterocycles. The topological polar surface area (TPSA) is 92.1 Å². The molecule has 4 aliphatic rings. The number of fused-ring (bicyclic) bond motifs is 4. The number of quaternary nitrogens is 1. The molecular weight excluding hydrogens is 372 g/mol. The third kappa shape index (κ3) is 2.56. The molecule has 3 atom stereocenters. The lowest BCUT2D eigenvalue weighted by atomic mass is 9.89. The smallest absolute Gasteiger partial charge is 0.363 e. The van der Waals surface area contributed by atoms with Crippen molar-refractivity contribution in [3.05, 3.63) is 17.6 Å². The van der Waals surface area contributed by atoms with Crippen LogP contribution in [0.15, 0.2) is 26.9 Å². The van der Waals surface area contributed by atoms with Gasteiger partial charge >= 0.3 is 5.96 Å². The van der Waals surface area contributed by atoms with Crippen molar-refractivity contribution in [2.75, 3.05) is 18.0 Å². The number of aliphatic imine (C=N–C) groups is 2. The van der Waals surface area contributed by atoms with Gasteiger partial charge in [0.2, 0.25) is 5.13 Å². The van der Waals surface area contributed by atoms with Gasteiger partial charge in [0.25, 0.3) is 5.96 Å². The Hall–Kier alpha value is -2.13. The molecule has 1 aliphatic carbocycles. The van der Waals surface area contributed by atoms with Crippen LogP contribution in [0.1, 0.15) is 45.4 Å². The monoisotopic (exact) mass is 399 g/mol. The van der Waals surface area contributed by atoms with E-state index in [0.29, 0.717) is 28.4 Å². The Labute approximate surface area is 169 Å². The highest BCUT2D eigenvalue weighted by molar-refractivity contribution is 7.09. The molecule has 148 valence electrons. The van der Waals surface area contributed by atoms with E-state index >= 15 is 0 Å². The second-order valence-electron chi connectivity index (χ2n) is 8.31. The van der Waals surface area contributed by atoms with Crippen molar-refractivity contribution in [1.82, 2.24) is 9.36 Å². The molecule has 2 bridgehead atoms. The van der Waals surface area contributed by atoms with Crippen LogP contribution in [0, 0.1) is 18.8 Å². The van der Waals surface area contributed by atoms with Crippen LogP contribution >= 0.6 is 11.5 Å². The number of hydrogen-bond acceptors (Lipinski definition) is 8. The average Bonchev–Trinajstić information content (AvgIpc) is 3.30. The van der Waals surface area contributed by atoms with Gasteiger partial charge in [-0.2, -0.15) is 9.37 Å². The van der Waals surface area contributed by atoms with E-state index < -0.39 is 0 Å². The zero-order valence-electron chi connectivity index (χ0n) is 16.7. The van der Waals surface area contributed by atoms with Gasteiger partial charge in [-0.1, -0.05) is 17.9 Å². The van der Waals surface area contributed by atoms with E-state index in [2.05, 4.69) is 39.2 Å². The Kier molecular flexibility index (Phi) is 4.13. The van der Waals surface area contributed by atoms with Gasteiger partial charge in [0.1, 0.15) is 17.6 Å². The van der Waals surface area contributed by atoms with Gasteiger partial charge in [0.15, 0.2) is 0 Å². The first-order valence-corrected chi connectivity index (χ1v) is 10.9. The maximum absolute atomic E-state index is 6.12. The van der Waals surface area contributed by atoms with E-state index in [-0.39, 0.29) is 0 Å². The summed E-state index contributed by atoms with van der Waals surface area (Å²) >= 11 is 1.50. The second-order valence-corrected chi connectivity index (χ2v) is 9.04. The van der Waals surface area contributed by atoms with Gasteiger partial charge < -0.3 is 10.6 Å². The fraction of sp³-hybridized carbons (Fsp3) is 0.632. The van der Waals surface area contributed by atoms with E-state index in [4.69, 9.17) is 15.8 Å². The lowest BCUT2D eigenvalue weighted by Crippen LogP contribution is -2.62. The molecule has 3 unspecified atom stereocenters. The summed E-state index contributed by atoms with van der Waals surface area (Å²) in [5.74, 6) is 2.99. The van der Waals surface area contributed by atoms with E-state index in [1.807, 2.05) is 6.92 Å². The Morgan fingerprint density at radius 1 is 1.21 bits per heavy atom. The molecule has 28 heavy (non-hydrogen) atoms. The van der Waals surface area contributed by atoms with Gasteiger partial charge in [-0.25, -0.2) is 4.98 Å². The highest BCUT2D eigenvalue weighted by Gasteiger charge is 2.61. The molecule has 8 nitrogen and oxygen atoms in total. The normalized spacial score (nSPS) is 34.0. The summed E-state index contributed by atoms with van der Waals surface area (Å²) in [6.07, 6.45) is 6.63. The highest BCUT2D eigenvalue weighted by Crippen LogP contribution is 2.48. The summed E-state index contributed by atoms with van der Waals surface area (Å²) in [5.41, 5.74) is 8.41. The summed E-state index contributed by atoms with van der Waals surface area (Å²) in [5, 5.41) is 5.93. The molecule has 3 aliphatic heterocycles. The minimum absolute atomic E-state index is 0.341. The van der Waals surface area contributed by atoms with Crippen molar-refractivity contribution in [2.24, 2.45) is 32.7 Å². The molecule has 1 saturated heterocycles. The Morgan fingerprint density at radius 2 is 1.96 bits per heavy atom. The number of guanidine groups is 2. The Morgan fingerprint density at radius 3 is 2.61 bits per heavy atom. The van der Waals surface area contributed by atoms with Crippen LogP contribution in [0.5, 0.6) is 0 Å². The molecule has 9 heteroatoms. The number of anilines is 1. The van der Waals surface area contributed by atoms with Crippen molar-refractivity contribution in [3.63, 3.8) is 0 Å². The number of nitrogens with two attached hydrogens (primary N) is 1. The SMILES string of the molecule is CCCC1=NC2=NC(N)=N[N+]2(C2C3CCC2CN(c2nc(C)ns2)C3)C(C)=C1. The lowest BCUT2D eigenvalue weighted by molar-refractivity contribution is -0.843. The van der Waals surface area contributed by atoms with Gasteiger partial charge in [0, 0.05) is 49.5 Å². The number of aromatic nitrogens is 2. The Balaban J connectivity index is 1.50. The molecular formula is C19H27N8S+. The summed E-state index contributed by atoms with van der Waals surface area (Å²) in [6, 6.07) is 0.341. The van der Waals surface area contributed by atoms with Crippen LogP contribution in [-0.4, -0.2) is 50.7 Å². The largest absolute Gasteiger partial charge is 0.365 e. The summed E-state index contributed by atoms with van der Waals surface area (Å²) in [4.78, 5) is 16.5. The van der Waals surface area contributed by atoms with Crippen LogP contribution in [0.2, 0.25) is 0 Å². The molecule has 2 N–H and O–H groups in total. The first kappa shape index (κ1) is 17.9. The van der Waals surface area contributed by atoms with Crippen molar-refractivity contribution < 1.29 is 4.59 Å². The van der Waals surface area contributed by atoms with Gasteiger partial charge in [0.05, 0.1) is 5.71 Å². The number of piperidine rings is 1. The van der Waals surface area contributed by atoms with Crippen LogP contribution in [-0.2, 0) is 0 Å². The molecule has 0 radical (unpaired) electrons. The molecule has 1 saturated carbocycles. The third-order valence-corrected chi connectivity index (χ3v) is 7.31. The highest BCUT2D eigenvalue weighted by atomic mass is 32.1. The van der Waals surface area contributed by atoms with E-state index in [1.54, 1.807) is 0 Å². The van der Waals surface area contributed by atoms with E-state index in [9.17, 15) is 0 Å². The molecule has 5 rings (SSSR count). The molecule has 4 heterocycles. The zero-order chi connectivity index (χ0) is 19.5. The average molecular weight is 400 g/mol. The predicted molar refractivity (Wildman–Crippen MR) is 112 cm³/mol. The molecule has 0 aromatic carbocycles. The van der Waals surface area contributed by atoms with Crippen LogP contribution < -0.4 is 10.6 Å². The molecule has 1 aromatic rings. The summed E-state index contributed by atoms with van der Waals surface area (Å²) in [7, 11) is 0.